The Kier molecular flexibility index (Phi) is 10.5. The summed E-state index contributed by atoms with van der Waals surface area (Å²) in [5.74, 6) is 2.00. The Hall–Kier alpha value is -1.61. The second-order valence-corrected chi connectivity index (χ2v) is 9.28. The number of aliphatic imine (C=N–C) groups is 1. The number of nitrogens with zero attached hydrogens (tertiary/aromatic N) is 5. The van der Waals surface area contributed by atoms with E-state index in [0.717, 1.165) is 38.7 Å². The van der Waals surface area contributed by atoms with Gasteiger partial charge in [-0.15, -0.1) is 24.0 Å². The molecular formula is C25H41IN6. The summed E-state index contributed by atoms with van der Waals surface area (Å²) in [5, 5.41) is 8.13. The van der Waals surface area contributed by atoms with Gasteiger partial charge in [-0.05, 0) is 37.7 Å². The van der Waals surface area contributed by atoms with Crippen LogP contribution in [0.2, 0.25) is 0 Å². The van der Waals surface area contributed by atoms with Crippen molar-refractivity contribution in [2.24, 2.45) is 18.0 Å². The molecule has 1 N–H and O–H groups in total. The summed E-state index contributed by atoms with van der Waals surface area (Å²) in [7, 11) is 4.12. The van der Waals surface area contributed by atoms with E-state index in [0.29, 0.717) is 17.9 Å². The molecule has 0 aliphatic carbocycles. The van der Waals surface area contributed by atoms with E-state index in [4.69, 9.17) is 4.99 Å². The van der Waals surface area contributed by atoms with E-state index < -0.39 is 0 Å². The topological polar surface area (TPSA) is 48.7 Å². The lowest BCUT2D eigenvalue weighted by atomic mass is 10.1. The van der Waals surface area contributed by atoms with Crippen molar-refractivity contribution >= 4 is 29.9 Å². The van der Waals surface area contributed by atoms with Gasteiger partial charge in [0.2, 0.25) is 0 Å². The Morgan fingerprint density at radius 3 is 2.66 bits per heavy atom. The molecule has 7 heteroatoms. The molecule has 1 aliphatic heterocycles. The van der Waals surface area contributed by atoms with Gasteiger partial charge >= 0.3 is 0 Å². The normalized spacial score (nSPS) is 19.3. The van der Waals surface area contributed by atoms with E-state index in [9.17, 15) is 0 Å². The van der Waals surface area contributed by atoms with Crippen LogP contribution in [0.3, 0.4) is 0 Å². The largest absolute Gasteiger partial charge is 0.357 e. The highest BCUT2D eigenvalue weighted by Gasteiger charge is 2.29. The van der Waals surface area contributed by atoms with E-state index in [1.54, 1.807) is 0 Å². The fraction of sp³-hybridized carbons (Fsp3) is 0.600. The lowest BCUT2D eigenvalue weighted by Gasteiger charge is -2.23. The van der Waals surface area contributed by atoms with Crippen LogP contribution in [0, 0.1) is 5.92 Å². The molecule has 1 aromatic carbocycles. The van der Waals surface area contributed by atoms with Crippen molar-refractivity contribution in [3.05, 3.63) is 53.3 Å². The van der Waals surface area contributed by atoms with Crippen molar-refractivity contribution in [3.8, 4) is 0 Å². The molecule has 1 aliphatic rings. The van der Waals surface area contributed by atoms with Crippen LogP contribution in [0.5, 0.6) is 0 Å². The summed E-state index contributed by atoms with van der Waals surface area (Å²) < 4.78 is 1.92. The van der Waals surface area contributed by atoms with Gasteiger partial charge in [-0.1, -0.05) is 44.2 Å². The molecule has 2 heterocycles. The van der Waals surface area contributed by atoms with E-state index in [1.165, 1.54) is 23.2 Å². The third kappa shape index (κ3) is 7.20. The maximum Gasteiger partial charge on any atom is 0.193 e. The maximum absolute atomic E-state index is 5.03. The number of likely N-dealkylation sites (tertiary alicyclic amines) is 1. The average molecular weight is 553 g/mol. The molecule has 6 nitrogen and oxygen atoms in total. The highest BCUT2D eigenvalue weighted by molar-refractivity contribution is 14.0. The molecule has 2 atom stereocenters. The second-order valence-electron chi connectivity index (χ2n) is 9.28. The van der Waals surface area contributed by atoms with Crippen LogP contribution in [0.25, 0.3) is 0 Å². The first-order chi connectivity index (χ1) is 14.9. The van der Waals surface area contributed by atoms with Crippen LogP contribution < -0.4 is 5.32 Å². The first-order valence-electron chi connectivity index (χ1n) is 11.7. The predicted octanol–water partition coefficient (Wildman–Crippen LogP) is 4.47. The lowest BCUT2D eigenvalue weighted by Crippen LogP contribution is -2.39. The summed E-state index contributed by atoms with van der Waals surface area (Å²) in [6.07, 6.45) is 3.34. The number of guanidine groups is 1. The maximum atomic E-state index is 5.03. The zero-order chi connectivity index (χ0) is 22.4. The Balaban J connectivity index is 0.00000363. The van der Waals surface area contributed by atoms with Gasteiger partial charge in [0, 0.05) is 64.6 Å². The zero-order valence-electron chi connectivity index (χ0n) is 20.6. The molecule has 178 valence electrons. The number of aromatic nitrogens is 2. The third-order valence-electron chi connectivity index (χ3n) is 6.11. The first kappa shape index (κ1) is 26.6. The molecule has 0 spiro atoms. The lowest BCUT2D eigenvalue weighted by molar-refractivity contribution is 0.256. The fourth-order valence-corrected chi connectivity index (χ4v) is 4.57. The Labute approximate surface area is 211 Å². The molecule has 0 saturated carbocycles. The van der Waals surface area contributed by atoms with Crippen molar-refractivity contribution < 1.29 is 0 Å². The molecule has 2 unspecified atom stereocenters. The quantitative estimate of drug-likeness (QED) is 0.299. The van der Waals surface area contributed by atoms with Gasteiger partial charge in [-0.3, -0.25) is 14.6 Å². The molecule has 32 heavy (non-hydrogen) atoms. The Morgan fingerprint density at radius 2 is 2.00 bits per heavy atom. The summed E-state index contributed by atoms with van der Waals surface area (Å²) in [4.78, 5) is 9.85. The summed E-state index contributed by atoms with van der Waals surface area (Å²) in [6, 6.07) is 11.4. The SMILES string of the molecule is CCNC(=NCC1CC(C)N(Cc2ccccc2)C1)N(C)Cc1cn(C)nc1C(C)C.I. The first-order valence-corrected chi connectivity index (χ1v) is 11.7. The molecule has 1 aromatic heterocycles. The number of benzene rings is 1. The van der Waals surface area contributed by atoms with Crippen molar-refractivity contribution in [2.75, 3.05) is 26.7 Å². The molecule has 3 rings (SSSR count). The van der Waals surface area contributed by atoms with Gasteiger partial charge in [-0.25, -0.2) is 0 Å². The smallest absolute Gasteiger partial charge is 0.193 e. The molecule has 0 bridgehead atoms. The molecule has 2 aromatic rings. The summed E-state index contributed by atoms with van der Waals surface area (Å²) in [5.41, 5.74) is 3.84. The molecule has 1 fully saturated rings. The molecular weight excluding hydrogens is 511 g/mol. The van der Waals surface area contributed by atoms with Gasteiger partial charge in [-0.2, -0.15) is 5.10 Å². The highest BCUT2D eigenvalue weighted by Crippen LogP contribution is 2.25. The number of hydrogen-bond acceptors (Lipinski definition) is 3. The molecule has 0 amide bonds. The summed E-state index contributed by atoms with van der Waals surface area (Å²) >= 11 is 0. The number of aryl methyl sites for hydroxylation is 1. The van der Waals surface area contributed by atoms with Crippen LogP contribution in [-0.2, 0) is 20.1 Å². The third-order valence-corrected chi connectivity index (χ3v) is 6.11. The summed E-state index contributed by atoms with van der Waals surface area (Å²) in [6.45, 7) is 13.6. The number of rotatable bonds is 8. The minimum Gasteiger partial charge on any atom is -0.357 e. The van der Waals surface area contributed by atoms with Crippen LogP contribution >= 0.6 is 24.0 Å². The van der Waals surface area contributed by atoms with E-state index in [1.807, 2.05) is 11.7 Å². The fourth-order valence-electron chi connectivity index (χ4n) is 4.57. The average Bonchev–Trinajstić information content (AvgIpc) is 3.27. The zero-order valence-corrected chi connectivity index (χ0v) is 22.9. The van der Waals surface area contributed by atoms with Gasteiger partial charge < -0.3 is 10.2 Å². The van der Waals surface area contributed by atoms with Gasteiger partial charge in [0.1, 0.15) is 0 Å². The van der Waals surface area contributed by atoms with Gasteiger partial charge in [0.25, 0.3) is 0 Å². The monoisotopic (exact) mass is 552 g/mol. The van der Waals surface area contributed by atoms with E-state index in [2.05, 4.69) is 91.5 Å². The Morgan fingerprint density at radius 1 is 1.28 bits per heavy atom. The van der Waals surface area contributed by atoms with Crippen molar-refractivity contribution in [2.45, 2.75) is 59.2 Å². The van der Waals surface area contributed by atoms with E-state index in [-0.39, 0.29) is 24.0 Å². The molecule has 1 saturated heterocycles. The van der Waals surface area contributed by atoms with Gasteiger partial charge in [0.15, 0.2) is 5.96 Å². The van der Waals surface area contributed by atoms with Crippen LogP contribution in [0.4, 0.5) is 0 Å². The van der Waals surface area contributed by atoms with Crippen LogP contribution in [-0.4, -0.2) is 58.3 Å². The van der Waals surface area contributed by atoms with Gasteiger partial charge in [0.05, 0.1) is 5.69 Å². The number of halogens is 1. The minimum absolute atomic E-state index is 0. The number of nitrogens with one attached hydrogen (secondary N) is 1. The van der Waals surface area contributed by atoms with Crippen LogP contribution in [0.15, 0.2) is 41.5 Å². The van der Waals surface area contributed by atoms with Crippen molar-refractivity contribution in [1.82, 2.24) is 24.9 Å². The highest BCUT2D eigenvalue weighted by atomic mass is 127. The van der Waals surface area contributed by atoms with Crippen molar-refractivity contribution in [3.63, 3.8) is 0 Å². The predicted molar refractivity (Wildman–Crippen MR) is 145 cm³/mol. The minimum atomic E-state index is 0. The Bertz CT molecular complexity index is 847. The van der Waals surface area contributed by atoms with Crippen LogP contribution in [0.1, 0.15) is 56.9 Å². The molecule has 0 radical (unpaired) electrons. The standard InChI is InChI=1S/C25H40N6.HI/c1-7-26-25(29(5)17-23-18-30(6)28-24(23)19(2)3)27-14-22-13-20(4)31(16-22)15-21-11-9-8-10-12-21;/h8-12,18-20,22H,7,13-17H2,1-6H3,(H,26,27);1H. The van der Waals surface area contributed by atoms with Crippen molar-refractivity contribution in [1.29, 1.82) is 0 Å². The van der Waals surface area contributed by atoms with E-state index >= 15 is 0 Å². The second kappa shape index (κ2) is 12.6. The number of hydrogen-bond donors (Lipinski definition) is 1.